The predicted octanol–water partition coefficient (Wildman–Crippen LogP) is 4.89. The number of fused-ring (bicyclic) bond motifs is 2. The van der Waals surface area contributed by atoms with Gasteiger partial charge in [-0.2, -0.15) is 0 Å². The number of carbonyl (C=O) groups is 2. The van der Waals surface area contributed by atoms with Crippen molar-refractivity contribution >= 4 is 33.5 Å². The fourth-order valence-corrected chi connectivity index (χ4v) is 3.14. The quantitative estimate of drug-likeness (QED) is 0.470. The average molecular weight is 374 g/mol. The van der Waals surface area contributed by atoms with Crippen molar-refractivity contribution in [3.05, 3.63) is 77.9 Å². The van der Waals surface area contributed by atoms with Gasteiger partial charge in [0.2, 0.25) is 0 Å². The number of carboxylic acid groups (broad SMARTS) is 2. The number of hydrogen-bond acceptors (Lipinski definition) is 4. The molecule has 138 valence electrons. The number of aromatic carboxylic acids is 2. The number of aromatic hydroxyl groups is 1. The molecule has 0 aliphatic rings. The smallest absolute Gasteiger partial charge is 0.336 e. The van der Waals surface area contributed by atoms with E-state index in [1.54, 1.807) is 48.5 Å². The van der Waals surface area contributed by atoms with Crippen LogP contribution in [0.3, 0.4) is 0 Å². The second-order valence-electron chi connectivity index (χ2n) is 6.28. The highest BCUT2D eigenvalue weighted by molar-refractivity contribution is 6.06. The molecule has 6 nitrogen and oxygen atoms in total. The van der Waals surface area contributed by atoms with Crippen LogP contribution in [0, 0.1) is 0 Å². The van der Waals surface area contributed by atoms with Crippen LogP contribution in [0.2, 0.25) is 0 Å². The van der Waals surface area contributed by atoms with Crippen molar-refractivity contribution in [2.75, 3.05) is 0 Å². The van der Waals surface area contributed by atoms with Gasteiger partial charge in [-0.25, -0.2) is 9.59 Å². The number of hydrogen-bond donors (Lipinski definition) is 3. The molecule has 0 aromatic heterocycles. The van der Waals surface area contributed by atoms with Crippen LogP contribution in [-0.2, 0) is 0 Å². The first-order valence-electron chi connectivity index (χ1n) is 8.36. The van der Waals surface area contributed by atoms with Gasteiger partial charge in [-0.3, -0.25) is 0 Å². The maximum absolute atomic E-state index is 11.6. The molecule has 0 unspecified atom stereocenters. The molecular weight excluding hydrogens is 360 g/mol. The molecule has 0 aliphatic carbocycles. The largest absolute Gasteiger partial charge is 0.507 e. The molecule has 0 aliphatic heterocycles. The summed E-state index contributed by atoms with van der Waals surface area (Å²) in [6.45, 7) is 0. The Balaban J connectivity index is 1.77. The number of carboxylic acids is 2. The van der Waals surface area contributed by atoms with E-state index in [0.717, 1.165) is 10.8 Å². The van der Waals surface area contributed by atoms with Gasteiger partial charge < -0.3 is 20.1 Å². The third-order valence-corrected chi connectivity index (χ3v) is 4.47. The van der Waals surface area contributed by atoms with E-state index in [4.69, 9.17) is 9.84 Å². The van der Waals surface area contributed by atoms with E-state index in [0.29, 0.717) is 16.5 Å². The van der Waals surface area contributed by atoms with Crippen molar-refractivity contribution in [3.63, 3.8) is 0 Å². The van der Waals surface area contributed by atoms with Gasteiger partial charge in [0, 0.05) is 10.8 Å². The van der Waals surface area contributed by atoms with E-state index in [9.17, 15) is 19.8 Å². The Hall–Kier alpha value is -4.06. The highest BCUT2D eigenvalue weighted by Gasteiger charge is 2.14. The molecule has 3 N–H and O–H groups in total. The summed E-state index contributed by atoms with van der Waals surface area (Å²) in [5.74, 6) is -1.43. The van der Waals surface area contributed by atoms with E-state index in [2.05, 4.69) is 0 Å². The first kappa shape index (κ1) is 17.4. The molecule has 0 heterocycles. The Kier molecular flexibility index (Phi) is 4.08. The second-order valence-corrected chi connectivity index (χ2v) is 6.28. The first-order chi connectivity index (χ1) is 13.4. The third kappa shape index (κ3) is 3.07. The van der Waals surface area contributed by atoms with E-state index in [1.807, 2.05) is 0 Å². The highest BCUT2D eigenvalue weighted by atomic mass is 16.5. The van der Waals surface area contributed by atoms with Crippen LogP contribution in [0.15, 0.2) is 66.7 Å². The average Bonchev–Trinajstić information content (AvgIpc) is 2.67. The van der Waals surface area contributed by atoms with Gasteiger partial charge in [0.15, 0.2) is 0 Å². The SMILES string of the molecule is O=C(O)c1ccc2cc(Oc3cc(C(=O)O)c4cccc(O)c4c3)ccc2c1. The maximum atomic E-state index is 11.6. The third-order valence-electron chi connectivity index (χ3n) is 4.47. The molecule has 0 amide bonds. The molecule has 6 heteroatoms. The molecule has 28 heavy (non-hydrogen) atoms. The zero-order chi connectivity index (χ0) is 19.8. The fourth-order valence-electron chi connectivity index (χ4n) is 3.14. The molecule has 0 radical (unpaired) electrons. The topological polar surface area (TPSA) is 104 Å². The lowest BCUT2D eigenvalue weighted by Crippen LogP contribution is -1.99. The summed E-state index contributed by atoms with van der Waals surface area (Å²) in [6, 6.07) is 17.6. The minimum atomic E-state index is -1.12. The summed E-state index contributed by atoms with van der Waals surface area (Å²) >= 11 is 0. The first-order valence-corrected chi connectivity index (χ1v) is 8.36. The fraction of sp³-hybridized carbons (Fsp3) is 0. The van der Waals surface area contributed by atoms with Crippen molar-refractivity contribution in [2.24, 2.45) is 0 Å². The number of benzene rings is 4. The molecule has 0 fully saturated rings. The minimum absolute atomic E-state index is 0.0234. The van der Waals surface area contributed by atoms with Gasteiger partial charge in [-0.15, -0.1) is 0 Å². The zero-order valence-corrected chi connectivity index (χ0v) is 14.4. The normalized spacial score (nSPS) is 10.9. The second kappa shape index (κ2) is 6.59. The van der Waals surface area contributed by atoms with Crippen molar-refractivity contribution in [1.29, 1.82) is 0 Å². The Bertz CT molecular complexity index is 1260. The zero-order valence-electron chi connectivity index (χ0n) is 14.4. The summed E-state index contributed by atoms with van der Waals surface area (Å²) in [4.78, 5) is 22.7. The van der Waals surface area contributed by atoms with Crippen LogP contribution in [0.25, 0.3) is 21.5 Å². The number of phenolic OH excluding ortho intramolecular Hbond substituents is 1. The Morgan fingerprint density at radius 2 is 1.46 bits per heavy atom. The van der Waals surface area contributed by atoms with Gasteiger partial charge in [0.1, 0.15) is 17.2 Å². The lowest BCUT2D eigenvalue weighted by molar-refractivity contribution is 0.0687. The maximum Gasteiger partial charge on any atom is 0.336 e. The predicted molar refractivity (Wildman–Crippen MR) is 104 cm³/mol. The van der Waals surface area contributed by atoms with Crippen LogP contribution in [0.4, 0.5) is 0 Å². The van der Waals surface area contributed by atoms with Gasteiger partial charge >= 0.3 is 11.9 Å². The van der Waals surface area contributed by atoms with E-state index in [1.165, 1.54) is 18.2 Å². The van der Waals surface area contributed by atoms with E-state index >= 15 is 0 Å². The standard InChI is InChI=1S/C22H14O6/c23-20-3-1-2-17-18(20)10-16(11-19(17)22(26)27)28-15-7-6-12-8-14(21(24)25)5-4-13(12)9-15/h1-11,23H,(H,24,25)(H,26,27). The Labute approximate surface area is 158 Å². The molecule has 4 aromatic carbocycles. The molecular formula is C22H14O6. The van der Waals surface area contributed by atoms with Crippen molar-refractivity contribution in [3.8, 4) is 17.2 Å². The molecule has 0 bridgehead atoms. The van der Waals surface area contributed by atoms with Crippen LogP contribution < -0.4 is 4.74 Å². The van der Waals surface area contributed by atoms with E-state index < -0.39 is 11.9 Å². The van der Waals surface area contributed by atoms with Crippen LogP contribution in [-0.4, -0.2) is 27.3 Å². The molecule has 4 aromatic rings. The van der Waals surface area contributed by atoms with Gasteiger partial charge in [-0.1, -0.05) is 24.3 Å². The molecule has 0 atom stereocenters. The molecule has 0 saturated heterocycles. The summed E-state index contributed by atoms with van der Waals surface area (Å²) in [7, 11) is 0. The van der Waals surface area contributed by atoms with Crippen LogP contribution in [0.1, 0.15) is 20.7 Å². The minimum Gasteiger partial charge on any atom is -0.507 e. The summed E-state index contributed by atoms with van der Waals surface area (Å²) in [5, 5.41) is 31.0. The lowest BCUT2D eigenvalue weighted by atomic mass is 10.0. The van der Waals surface area contributed by atoms with Gasteiger partial charge in [0.25, 0.3) is 0 Å². The monoisotopic (exact) mass is 374 g/mol. The van der Waals surface area contributed by atoms with Gasteiger partial charge in [-0.05, 0) is 53.2 Å². The highest BCUT2D eigenvalue weighted by Crippen LogP contribution is 2.34. The van der Waals surface area contributed by atoms with Crippen LogP contribution in [0.5, 0.6) is 17.2 Å². The van der Waals surface area contributed by atoms with Crippen LogP contribution >= 0.6 is 0 Å². The van der Waals surface area contributed by atoms with Crippen molar-refractivity contribution in [2.45, 2.75) is 0 Å². The summed E-state index contributed by atoms with van der Waals surface area (Å²) in [5.41, 5.74) is 0.215. The number of phenols is 1. The molecule has 0 spiro atoms. The Morgan fingerprint density at radius 3 is 2.21 bits per heavy atom. The summed E-state index contributed by atoms with van der Waals surface area (Å²) in [6.07, 6.45) is 0. The van der Waals surface area contributed by atoms with Gasteiger partial charge in [0.05, 0.1) is 11.1 Å². The number of rotatable bonds is 4. The van der Waals surface area contributed by atoms with Crippen molar-refractivity contribution in [1.82, 2.24) is 0 Å². The molecule has 0 saturated carbocycles. The van der Waals surface area contributed by atoms with E-state index in [-0.39, 0.29) is 22.6 Å². The lowest BCUT2D eigenvalue weighted by Gasteiger charge is -2.11. The number of ether oxygens (including phenoxy) is 1. The van der Waals surface area contributed by atoms with Crippen molar-refractivity contribution < 1.29 is 29.6 Å². The Morgan fingerprint density at radius 1 is 0.714 bits per heavy atom. The summed E-state index contributed by atoms with van der Waals surface area (Å²) < 4.78 is 5.83. The molecule has 4 rings (SSSR count).